The van der Waals surface area contributed by atoms with E-state index in [0.717, 1.165) is 11.3 Å². The van der Waals surface area contributed by atoms with E-state index in [0.29, 0.717) is 5.69 Å². The number of aromatic amines is 1. The number of carbonyl (C=O) groups is 1. The Morgan fingerprint density at radius 2 is 2.12 bits per heavy atom. The maximum Gasteiger partial charge on any atom is 0.405 e. The number of nitrogens with one attached hydrogen (secondary N) is 3. The second-order valence-corrected chi connectivity index (χ2v) is 3.67. The van der Waals surface area contributed by atoms with E-state index in [1.54, 1.807) is 5.32 Å². The molecule has 0 atom stereocenters. The summed E-state index contributed by atoms with van der Waals surface area (Å²) in [6.07, 6.45) is -4.44. The van der Waals surface area contributed by atoms with Crippen LogP contribution in [0.4, 0.5) is 18.0 Å². The molecule has 1 aromatic rings. The number of rotatable bonds is 3. The first-order chi connectivity index (χ1) is 7.37. The van der Waals surface area contributed by atoms with Crippen LogP contribution in [-0.2, 0) is 6.54 Å². The van der Waals surface area contributed by atoms with Crippen LogP contribution in [0.5, 0.6) is 0 Å². The van der Waals surface area contributed by atoms with Crippen molar-refractivity contribution in [2.24, 2.45) is 0 Å². The number of aromatic nitrogens is 1. The summed E-state index contributed by atoms with van der Waals surface area (Å²) >= 11 is 0.911. The summed E-state index contributed by atoms with van der Waals surface area (Å²) in [4.78, 5) is 23.7. The zero-order chi connectivity index (χ0) is 12.2. The van der Waals surface area contributed by atoms with Crippen molar-refractivity contribution in [3.63, 3.8) is 0 Å². The first-order valence-electron chi connectivity index (χ1n) is 4.12. The molecule has 90 valence electrons. The van der Waals surface area contributed by atoms with Crippen LogP contribution in [0, 0.1) is 0 Å². The molecule has 1 rings (SSSR count). The molecule has 1 aromatic heterocycles. The standard InChI is InChI=1S/C7H8F3N3O2S/c8-7(9,10)3-12-5(14)11-1-4-2-16-6(15)13-4/h2H,1,3H2,(H,13,15)(H2,11,12,14). The molecule has 0 saturated heterocycles. The average Bonchev–Trinajstić information content (AvgIpc) is 2.57. The number of halogens is 3. The van der Waals surface area contributed by atoms with Gasteiger partial charge in [0.15, 0.2) is 0 Å². The number of H-pyrrole nitrogens is 1. The van der Waals surface area contributed by atoms with Crippen molar-refractivity contribution >= 4 is 17.4 Å². The van der Waals surface area contributed by atoms with Crippen molar-refractivity contribution in [1.29, 1.82) is 0 Å². The fraction of sp³-hybridized carbons (Fsp3) is 0.429. The lowest BCUT2D eigenvalue weighted by atomic mass is 10.5. The van der Waals surface area contributed by atoms with Gasteiger partial charge in [-0.2, -0.15) is 13.2 Å². The van der Waals surface area contributed by atoms with Crippen LogP contribution in [-0.4, -0.2) is 23.7 Å². The van der Waals surface area contributed by atoms with E-state index >= 15 is 0 Å². The Morgan fingerprint density at radius 1 is 1.44 bits per heavy atom. The Hall–Kier alpha value is -1.51. The topological polar surface area (TPSA) is 74.0 Å². The second kappa shape index (κ2) is 5.01. The van der Waals surface area contributed by atoms with E-state index in [1.807, 2.05) is 0 Å². The largest absolute Gasteiger partial charge is 0.405 e. The van der Waals surface area contributed by atoms with Crippen molar-refractivity contribution in [2.45, 2.75) is 12.7 Å². The Labute approximate surface area is 91.7 Å². The van der Waals surface area contributed by atoms with E-state index in [1.165, 1.54) is 5.38 Å². The Balaban J connectivity index is 2.28. The molecule has 0 saturated carbocycles. The Morgan fingerprint density at radius 3 is 2.62 bits per heavy atom. The molecule has 0 aliphatic rings. The average molecular weight is 255 g/mol. The molecule has 0 unspecified atom stereocenters. The fourth-order valence-corrected chi connectivity index (χ4v) is 1.40. The first kappa shape index (κ1) is 12.6. The zero-order valence-corrected chi connectivity index (χ0v) is 8.67. The number of alkyl halides is 3. The van der Waals surface area contributed by atoms with Crippen LogP contribution in [0.1, 0.15) is 5.69 Å². The van der Waals surface area contributed by atoms with Gasteiger partial charge in [0.2, 0.25) is 0 Å². The van der Waals surface area contributed by atoms with E-state index in [-0.39, 0.29) is 11.4 Å². The molecule has 0 aliphatic heterocycles. The summed E-state index contributed by atoms with van der Waals surface area (Å²) in [7, 11) is 0. The van der Waals surface area contributed by atoms with E-state index in [4.69, 9.17) is 0 Å². The van der Waals surface area contributed by atoms with Crippen LogP contribution in [0.15, 0.2) is 10.2 Å². The van der Waals surface area contributed by atoms with Gasteiger partial charge >= 0.3 is 17.1 Å². The summed E-state index contributed by atoms with van der Waals surface area (Å²) in [6, 6.07) is -0.940. The highest BCUT2D eigenvalue weighted by atomic mass is 32.1. The summed E-state index contributed by atoms with van der Waals surface area (Å²) in [5.74, 6) is 0. The number of hydrogen-bond acceptors (Lipinski definition) is 3. The second-order valence-electron chi connectivity index (χ2n) is 2.82. The van der Waals surface area contributed by atoms with Gasteiger partial charge in [-0.15, -0.1) is 0 Å². The lowest BCUT2D eigenvalue weighted by Crippen LogP contribution is -2.40. The number of urea groups is 1. The minimum Gasteiger partial charge on any atom is -0.333 e. The molecule has 5 nitrogen and oxygen atoms in total. The molecular weight excluding hydrogens is 247 g/mol. The van der Waals surface area contributed by atoms with E-state index in [2.05, 4.69) is 10.3 Å². The highest BCUT2D eigenvalue weighted by molar-refractivity contribution is 7.07. The minimum absolute atomic E-state index is 0.0254. The van der Waals surface area contributed by atoms with Crippen LogP contribution in [0.3, 0.4) is 0 Å². The molecule has 0 radical (unpaired) electrons. The third kappa shape index (κ3) is 4.82. The third-order valence-corrected chi connectivity index (χ3v) is 2.18. The summed E-state index contributed by atoms with van der Waals surface area (Å²) in [6.45, 7) is -1.42. The molecule has 0 aromatic carbocycles. The van der Waals surface area contributed by atoms with Crippen LogP contribution in [0.25, 0.3) is 0 Å². The molecule has 1 heterocycles. The van der Waals surface area contributed by atoms with Gasteiger partial charge in [0.1, 0.15) is 6.54 Å². The predicted octanol–water partition coefficient (Wildman–Crippen LogP) is 0.798. The quantitative estimate of drug-likeness (QED) is 0.747. The van der Waals surface area contributed by atoms with Crippen LogP contribution in [0.2, 0.25) is 0 Å². The molecule has 0 bridgehead atoms. The van der Waals surface area contributed by atoms with Gasteiger partial charge < -0.3 is 15.6 Å². The third-order valence-electron chi connectivity index (χ3n) is 1.46. The van der Waals surface area contributed by atoms with Gasteiger partial charge in [0.05, 0.1) is 6.54 Å². The normalized spacial score (nSPS) is 11.2. The minimum atomic E-state index is -4.44. The Bertz CT molecular complexity index is 411. The first-order valence-corrected chi connectivity index (χ1v) is 5.00. The van der Waals surface area contributed by atoms with Gasteiger partial charge in [-0.3, -0.25) is 4.79 Å². The highest BCUT2D eigenvalue weighted by Crippen LogP contribution is 2.11. The van der Waals surface area contributed by atoms with Crippen molar-refractivity contribution in [3.05, 3.63) is 20.7 Å². The number of carbonyl (C=O) groups excluding carboxylic acids is 1. The van der Waals surface area contributed by atoms with Crippen molar-refractivity contribution in [3.8, 4) is 0 Å². The number of hydrogen-bond donors (Lipinski definition) is 3. The van der Waals surface area contributed by atoms with Gasteiger partial charge in [0, 0.05) is 11.1 Å². The summed E-state index contributed by atoms with van der Waals surface area (Å²) in [5, 5.41) is 5.29. The highest BCUT2D eigenvalue weighted by Gasteiger charge is 2.27. The van der Waals surface area contributed by atoms with Gasteiger partial charge in [-0.25, -0.2) is 4.79 Å². The molecular formula is C7H8F3N3O2S. The lowest BCUT2D eigenvalue weighted by molar-refractivity contribution is -0.122. The molecule has 9 heteroatoms. The summed E-state index contributed by atoms with van der Waals surface area (Å²) < 4.78 is 35.1. The maximum atomic E-state index is 11.7. The van der Waals surface area contributed by atoms with Crippen LogP contribution < -0.4 is 15.5 Å². The molecule has 0 aliphatic carbocycles. The van der Waals surface area contributed by atoms with Crippen molar-refractivity contribution < 1.29 is 18.0 Å². The van der Waals surface area contributed by atoms with Crippen molar-refractivity contribution in [1.82, 2.24) is 15.6 Å². The van der Waals surface area contributed by atoms with Gasteiger partial charge in [-0.1, -0.05) is 11.3 Å². The zero-order valence-electron chi connectivity index (χ0n) is 7.85. The monoisotopic (exact) mass is 255 g/mol. The maximum absolute atomic E-state index is 11.7. The molecule has 2 amide bonds. The molecule has 0 spiro atoms. The van der Waals surface area contributed by atoms with Gasteiger partial charge in [0.25, 0.3) is 0 Å². The van der Waals surface area contributed by atoms with Gasteiger partial charge in [-0.05, 0) is 0 Å². The van der Waals surface area contributed by atoms with E-state index in [9.17, 15) is 22.8 Å². The molecule has 3 N–H and O–H groups in total. The molecule has 0 fully saturated rings. The van der Waals surface area contributed by atoms with E-state index < -0.39 is 18.8 Å². The van der Waals surface area contributed by atoms with Crippen LogP contribution >= 0.6 is 11.3 Å². The number of amides is 2. The number of thiazole rings is 1. The lowest BCUT2D eigenvalue weighted by Gasteiger charge is -2.08. The SMILES string of the molecule is O=C(NCc1csc(=O)[nH]1)NCC(F)(F)F. The predicted molar refractivity (Wildman–Crippen MR) is 51.2 cm³/mol. The Kier molecular flexibility index (Phi) is 3.93. The fourth-order valence-electron chi connectivity index (χ4n) is 0.819. The molecule has 16 heavy (non-hydrogen) atoms. The van der Waals surface area contributed by atoms with Crippen molar-refractivity contribution in [2.75, 3.05) is 6.54 Å². The smallest absolute Gasteiger partial charge is 0.333 e. The summed E-state index contributed by atoms with van der Waals surface area (Å²) in [5.41, 5.74) is 0.442.